The zero-order valence-electron chi connectivity index (χ0n) is 15.7. The first-order chi connectivity index (χ1) is 14.6. The highest BCUT2D eigenvalue weighted by atomic mass is 32.2. The molecule has 0 atom stereocenters. The van der Waals surface area contributed by atoms with E-state index in [-0.39, 0.29) is 27.7 Å². The van der Waals surface area contributed by atoms with Gasteiger partial charge in [-0.25, -0.2) is 13.6 Å². The van der Waals surface area contributed by atoms with Crippen LogP contribution < -0.4 is 5.14 Å². The van der Waals surface area contributed by atoms with E-state index in [0.29, 0.717) is 11.1 Å². The number of aromatic nitrogens is 2. The Morgan fingerprint density at radius 2 is 1.48 bits per heavy atom. The number of alkyl halides is 3. The number of primary sulfonamides is 1. The first-order valence-electron chi connectivity index (χ1n) is 8.87. The minimum absolute atomic E-state index is 0.0372. The first kappa shape index (κ1) is 20.8. The van der Waals surface area contributed by atoms with Crippen molar-refractivity contribution in [1.29, 1.82) is 0 Å². The van der Waals surface area contributed by atoms with Crippen molar-refractivity contribution < 1.29 is 26.1 Å². The summed E-state index contributed by atoms with van der Waals surface area (Å²) < 4.78 is 69.0. The van der Waals surface area contributed by atoms with Gasteiger partial charge in [-0.15, -0.1) is 0 Å². The molecule has 10 heteroatoms. The number of benzene rings is 3. The number of hydrogen-bond acceptors (Lipinski definition) is 5. The number of nitrogens with two attached hydrogens (primary N) is 1. The molecule has 158 valence electrons. The summed E-state index contributed by atoms with van der Waals surface area (Å²) in [6.45, 7) is 0. The van der Waals surface area contributed by atoms with E-state index in [9.17, 15) is 21.6 Å². The molecular formula is C21H14F3N3O3S. The highest BCUT2D eigenvalue weighted by Crippen LogP contribution is 2.39. The quantitative estimate of drug-likeness (QED) is 0.489. The maximum atomic E-state index is 13.7. The van der Waals surface area contributed by atoms with Crippen LogP contribution in [0.15, 0.2) is 82.2 Å². The van der Waals surface area contributed by atoms with Gasteiger partial charge < -0.3 is 4.52 Å². The summed E-state index contributed by atoms with van der Waals surface area (Å²) in [7, 11) is -3.86. The summed E-state index contributed by atoms with van der Waals surface area (Å²) in [4.78, 5) is 4.05. The van der Waals surface area contributed by atoms with E-state index in [4.69, 9.17) is 9.66 Å². The zero-order chi connectivity index (χ0) is 22.2. The monoisotopic (exact) mass is 445 g/mol. The molecule has 3 aromatic carbocycles. The highest BCUT2D eigenvalue weighted by Gasteiger charge is 2.34. The molecule has 31 heavy (non-hydrogen) atoms. The second kappa shape index (κ2) is 7.64. The van der Waals surface area contributed by atoms with Crippen LogP contribution in [0.4, 0.5) is 13.2 Å². The molecule has 0 saturated heterocycles. The van der Waals surface area contributed by atoms with Gasteiger partial charge in [-0.2, -0.15) is 18.2 Å². The van der Waals surface area contributed by atoms with Gasteiger partial charge in [-0.3, -0.25) is 0 Å². The zero-order valence-corrected chi connectivity index (χ0v) is 16.5. The lowest BCUT2D eigenvalue weighted by molar-refractivity contribution is -0.137. The maximum Gasteiger partial charge on any atom is 0.417 e. The standard InChI is InChI=1S/C21H14F3N3O3S/c22-21(23,24)18-12-15(8-11-17(18)13-4-2-1-3-5-13)20-26-19(27-30-20)14-6-9-16(10-7-14)31(25,28)29/h1-12H,(H2,25,28,29). The van der Waals surface area contributed by atoms with Crippen LogP contribution >= 0.6 is 0 Å². The number of hydrogen-bond donors (Lipinski definition) is 1. The van der Waals surface area contributed by atoms with Gasteiger partial charge in [-0.05, 0) is 47.5 Å². The molecule has 4 aromatic rings. The molecule has 0 radical (unpaired) electrons. The van der Waals surface area contributed by atoms with Crippen LogP contribution in [-0.4, -0.2) is 18.6 Å². The molecule has 0 amide bonds. The van der Waals surface area contributed by atoms with Gasteiger partial charge in [0.2, 0.25) is 15.8 Å². The lowest BCUT2D eigenvalue weighted by atomic mass is 9.97. The summed E-state index contributed by atoms with van der Waals surface area (Å²) in [5.74, 6) is -0.00713. The van der Waals surface area contributed by atoms with Gasteiger partial charge in [0.1, 0.15) is 0 Å². The molecule has 0 fully saturated rings. The van der Waals surface area contributed by atoms with Gasteiger partial charge in [-0.1, -0.05) is 41.6 Å². The summed E-state index contributed by atoms with van der Waals surface area (Å²) in [5, 5.41) is 8.84. The predicted molar refractivity (Wildman–Crippen MR) is 107 cm³/mol. The third-order valence-corrected chi connectivity index (χ3v) is 5.45. The van der Waals surface area contributed by atoms with Gasteiger partial charge in [0.15, 0.2) is 0 Å². The molecule has 0 spiro atoms. The summed E-state index contributed by atoms with van der Waals surface area (Å²) in [5.41, 5.74) is 0.164. The first-order valence-corrected chi connectivity index (χ1v) is 10.4. The van der Waals surface area contributed by atoms with E-state index in [1.165, 1.54) is 36.4 Å². The number of sulfonamides is 1. The number of halogens is 3. The fourth-order valence-corrected chi connectivity index (χ4v) is 3.55. The molecule has 2 N–H and O–H groups in total. The Balaban J connectivity index is 1.72. The Morgan fingerprint density at radius 1 is 0.839 bits per heavy atom. The Kier molecular flexibility index (Phi) is 5.11. The van der Waals surface area contributed by atoms with E-state index in [2.05, 4.69) is 10.1 Å². The average molecular weight is 445 g/mol. The molecule has 0 aliphatic heterocycles. The Morgan fingerprint density at radius 3 is 2.10 bits per heavy atom. The normalized spacial score (nSPS) is 12.1. The molecule has 0 saturated carbocycles. The summed E-state index contributed by atoms with van der Waals surface area (Å²) in [6.07, 6.45) is -4.59. The Bertz CT molecular complexity index is 1330. The number of nitrogens with zero attached hydrogens (tertiary/aromatic N) is 2. The maximum absolute atomic E-state index is 13.7. The topological polar surface area (TPSA) is 99.1 Å². The van der Waals surface area contributed by atoms with E-state index in [0.717, 1.165) is 6.07 Å². The van der Waals surface area contributed by atoms with Crippen molar-refractivity contribution in [1.82, 2.24) is 10.1 Å². The molecular weight excluding hydrogens is 431 g/mol. The van der Waals surface area contributed by atoms with Crippen LogP contribution in [-0.2, 0) is 16.2 Å². The number of rotatable bonds is 4. The van der Waals surface area contributed by atoms with Crippen molar-refractivity contribution in [2.24, 2.45) is 5.14 Å². The lowest BCUT2D eigenvalue weighted by Crippen LogP contribution is -2.11. The van der Waals surface area contributed by atoms with E-state index >= 15 is 0 Å². The molecule has 4 rings (SSSR count). The van der Waals surface area contributed by atoms with Crippen molar-refractivity contribution in [2.45, 2.75) is 11.1 Å². The summed E-state index contributed by atoms with van der Waals surface area (Å²) in [6, 6.07) is 17.4. The van der Waals surface area contributed by atoms with Gasteiger partial charge in [0.25, 0.3) is 5.89 Å². The van der Waals surface area contributed by atoms with Crippen molar-refractivity contribution in [3.05, 3.63) is 78.4 Å². The molecule has 0 bridgehead atoms. The SMILES string of the molecule is NS(=O)(=O)c1ccc(-c2noc(-c3ccc(-c4ccccc4)c(C(F)(F)F)c3)n2)cc1. The van der Waals surface area contributed by atoms with Crippen LogP contribution in [0, 0.1) is 0 Å². The molecule has 1 aromatic heterocycles. The van der Waals surface area contributed by atoms with E-state index in [1.54, 1.807) is 30.3 Å². The third-order valence-electron chi connectivity index (χ3n) is 4.52. The van der Waals surface area contributed by atoms with Crippen molar-refractivity contribution in [3.8, 4) is 34.0 Å². The fourth-order valence-electron chi connectivity index (χ4n) is 3.03. The smallest absolute Gasteiger partial charge is 0.334 e. The Labute approximate surface area is 175 Å². The minimum Gasteiger partial charge on any atom is -0.334 e. The molecule has 6 nitrogen and oxygen atoms in total. The van der Waals surface area contributed by atoms with Crippen LogP contribution in [0.1, 0.15) is 5.56 Å². The van der Waals surface area contributed by atoms with Crippen LogP contribution in [0.3, 0.4) is 0 Å². The lowest BCUT2D eigenvalue weighted by Gasteiger charge is -2.14. The third kappa shape index (κ3) is 4.35. The molecule has 0 aliphatic carbocycles. The van der Waals surface area contributed by atoms with E-state index < -0.39 is 21.8 Å². The van der Waals surface area contributed by atoms with Crippen LogP contribution in [0.5, 0.6) is 0 Å². The van der Waals surface area contributed by atoms with Crippen molar-refractivity contribution in [2.75, 3.05) is 0 Å². The van der Waals surface area contributed by atoms with Crippen LogP contribution in [0.2, 0.25) is 0 Å². The largest absolute Gasteiger partial charge is 0.417 e. The molecule has 0 aliphatic rings. The Hall–Kier alpha value is -3.50. The minimum atomic E-state index is -4.59. The fraction of sp³-hybridized carbons (Fsp3) is 0.0476. The van der Waals surface area contributed by atoms with Crippen molar-refractivity contribution >= 4 is 10.0 Å². The second-order valence-corrected chi connectivity index (χ2v) is 8.18. The van der Waals surface area contributed by atoms with Gasteiger partial charge in [0.05, 0.1) is 10.5 Å². The van der Waals surface area contributed by atoms with E-state index in [1.807, 2.05) is 0 Å². The van der Waals surface area contributed by atoms with Gasteiger partial charge in [0, 0.05) is 11.1 Å². The van der Waals surface area contributed by atoms with Gasteiger partial charge >= 0.3 is 6.18 Å². The molecule has 0 unspecified atom stereocenters. The predicted octanol–water partition coefficient (Wildman–Crippen LogP) is 4.74. The highest BCUT2D eigenvalue weighted by molar-refractivity contribution is 7.89. The molecule has 1 heterocycles. The van der Waals surface area contributed by atoms with Crippen molar-refractivity contribution in [3.63, 3.8) is 0 Å². The average Bonchev–Trinajstić information content (AvgIpc) is 3.23. The summed E-state index contributed by atoms with van der Waals surface area (Å²) >= 11 is 0. The second-order valence-electron chi connectivity index (χ2n) is 6.62. The van der Waals surface area contributed by atoms with Crippen LogP contribution in [0.25, 0.3) is 34.0 Å².